The molecule has 0 unspecified atom stereocenters. The van der Waals surface area contributed by atoms with Crippen LogP contribution in [0, 0.1) is 19.8 Å². The molecule has 0 aliphatic heterocycles. The summed E-state index contributed by atoms with van der Waals surface area (Å²) in [6, 6.07) is 13.9. The first-order chi connectivity index (χ1) is 12.1. The van der Waals surface area contributed by atoms with Crippen LogP contribution >= 0.6 is 0 Å². The van der Waals surface area contributed by atoms with Crippen LogP contribution in [0.3, 0.4) is 0 Å². The SMILES string of the molecule is Cc1nn(-c2ccccc2)c(C)c1NC(=O)[C@@H]1C[C@H]1c1cccnc1. The summed E-state index contributed by atoms with van der Waals surface area (Å²) in [5.74, 6) is 0.356. The summed E-state index contributed by atoms with van der Waals surface area (Å²) in [4.78, 5) is 16.8. The van der Waals surface area contributed by atoms with E-state index in [0.29, 0.717) is 0 Å². The normalized spacial score (nSPS) is 18.8. The van der Waals surface area contributed by atoms with Crippen molar-refractivity contribution in [2.24, 2.45) is 5.92 Å². The minimum atomic E-state index is 0.0167. The molecule has 1 saturated carbocycles. The van der Waals surface area contributed by atoms with Gasteiger partial charge in [0.1, 0.15) is 0 Å². The minimum Gasteiger partial charge on any atom is -0.323 e. The van der Waals surface area contributed by atoms with Crippen molar-refractivity contribution in [3.63, 3.8) is 0 Å². The predicted molar refractivity (Wildman–Crippen MR) is 96.8 cm³/mol. The van der Waals surface area contributed by atoms with E-state index in [1.54, 1.807) is 6.20 Å². The summed E-state index contributed by atoms with van der Waals surface area (Å²) in [5.41, 5.74) is 4.70. The minimum absolute atomic E-state index is 0.0167. The molecule has 1 fully saturated rings. The lowest BCUT2D eigenvalue weighted by Gasteiger charge is -2.07. The number of aromatic nitrogens is 3. The quantitative estimate of drug-likeness (QED) is 0.794. The molecule has 5 nitrogen and oxygen atoms in total. The van der Waals surface area contributed by atoms with Crippen LogP contribution in [0.4, 0.5) is 5.69 Å². The molecule has 1 aliphatic carbocycles. The summed E-state index contributed by atoms with van der Waals surface area (Å²) >= 11 is 0. The molecular weight excluding hydrogens is 312 g/mol. The summed E-state index contributed by atoms with van der Waals surface area (Å²) in [7, 11) is 0. The number of anilines is 1. The third-order valence-corrected chi connectivity index (χ3v) is 4.78. The molecular formula is C20H20N4O. The van der Waals surface area contributed by atoms with E-state index >= 15 is 0 Å². The average molecular weight is 332 g/mol. The number of carbonyl (C=O) groups is 1. The monoisotopic (exact) mass is 332 g/mol. The molecule has 1 aromatic carbocycles. The third-order valence-electron chi connectivity index (χ3n) is 4.78. The highest BCUT2D eigenvalue weighted by Crippen LogP contribution is 2.47. The molecule has 2 aromatic heterocycles. The molecule has 1 amide bonds. The lowest BCUT2D eigenvalue weighted by Crippen LogP contribution is -2.15. The maximum absolute atomic E-state index is 12.6. The second-order valence-corrected chi connectivity index (χ2v) is 6.52. The number of aryl methyl sites for hydroxylation is 1. The van der Waals surface area contributed by atoms with Crippen LogP contribution in [-0.2, 0) is 4.79 Å². The van der Waals surface area contributed by atoms with Gasteiger partial charge in [-0.3, -0.25) is 9.78 Å². The van der Waals surface area contributed by atoms with Crippen molar-refractivity contribution in [3.05, 3.63) is 71.8 Å². The highest BCUT2D eigenvalue weighted by molar-refractivity contribution is 5.96. The molecule has 2 heterocycles. The second kappa shape index (κ2) is 6.16. The lowest BCUT2D eigenvalue weighted by atomic mass is 10.1. The lowest BCUT2D eigenvalue weighted by molar-refractivity contribution is -0.117. The van der Waals surface area contributed by atoms with Gasteiger partial charge in [-0.25, -0.2) is 4.68 Å². The van der Waals surface area contributed by atoms with Gasteiger partial charge in [0.25, 0.3) is 0 Å². The average Bonchev–Trinajstić information content (AvgIpc) is 3.41. The third kappa shape index (κ3) is 2.93. The molecule has 25 heavy (non-hydrogen) atoms. The van der Waals surface area contributed by atoms with Crippen molar-refractivity contribution in [1.29, 1.82) is 0 Å². The van der Waals surface area contributed by atoms with E-state index < -0.39 is 0 Å². The van der Waals surface area contributed by atoms with E-state index in [-0.39, 0.29) is 17.7 Å². The Labute approximate surface area is 146 Å². The fraction of sp³-hybridized carbons (Fsp3) is 0.250. The van der Waals surface area contributed by atoms with Crippen molar-refractivity contribution in [2.75, 3.05) is 5.32 Å². The predicted octanol–water partition coefficient (Wildman–Crippen LogP) is 3.63. The van der Waals surface area contributed by atoms with Gasteiger partial charge >= 0.3 is 0 Å². The molecule has 5 heteroatoms. The fourth-order valence-corrected chi connectivity index (χ4v) is 3.31. The number of benzene rings is 1. The van der Waals surface area contributed by atoms with Gasteiger partial charge in [-0.15, -0.1) is 0 Å². The van der Waals surface area contributed by atoms with Gasteiger partial charge in [0.05, 0.1) is 22.8 Å². The Kier molecular flexibility index (Phi) is 3.84. The van der Waals surface area contributed by atoms with E-state index in [1.807, 2.05) is 67.2 Å². The standard InChI is InChI=1S/C20H20N4O/c1-13-19(14(2)24(23-13)16-8-4-3-5-9-16)22-20(25)18-11-17(18)15-7-6-10-21-12-15/h3-10,12,17-18H,11H2,1-2H3,(H,22,25)/t17-,18+/m0/s1. The van der Waals surface area contributed by atoms with Crippen LogP contribution < -0.4 is 5.32 Å². The molecule has 0 radical (unpaired) electrons. The number of rotatable bonds is 4. The number of hydrogen-bond donors (Lipinski definition) is 1. The zero-order valence-corrected chi connectivity index (χ0v) is 14.3. The van der Waals surface area contributed by atoms with Gasteiger partial charge < -0.3 is 5.32 Å². The van der Waals surface area contributed by atoms with E-state index in [9.17, 15) is 4.79 Å². The first kappa shape index (κ1) is 15.6. The van der Waals surface area contributed by atoms with Gasteiger partial charge in [0.15, 0.2) is 0 Å². The van der Waals surface area contributed by atoms with Crippen LogP contribution in [0.5, 0.6) is 0 Å². The van der Waals surface area contributed by atoms with Crippen molar-refractivity contribution in [3.8, 4) is 5.69 Å². The van der Waals surface area contributed by atoms with E-state index in [4.69, 9.17) is 0 Å². The van der Waals surface area contributed by atoms with Crippen LogP contribution in [-0.4, -0.2) is 20.7 Å². The topological polar surface area (TPSA) is 59.8 Å². The molecule has 1 aliphatic rings. The summed E-state index contributed by atoms with van der Waals surface area (Å²) in [6.07, 6.45) is 4.48. The second-order valence-electron chi connectivity index (χ2n) is 6.52. The van der Waals surface area contributed by atoms with Crippen LogP contribution in [0.25, 0.3) is 5.69 Å². The summed E-state index contributed by atoms with van der Waals surface area (Å²) in [5, 5.41) is 7.67. The Morgan fingerprint density at radius 1 is 1.16 bits per heavy atom. The molecule has 3 aromatic rings. The Balaban J connectivity index is 1.52. The van der Waals surface area contributed by atoms with Crippen molar-refractivity contribution < 1.29 is 4.79 Å². The molecule has 1 N–H and O–H groups in total. The van der Waals surface area contributed by atoms with E-state index in [0.717, 1.165) is 34.7 Å². The zero-order valence-electron chi connectivity index (χ0n) is 14.3. The van der Waals surface area contributed by atoms with Gasteiger partial charge in [0.2, 0.25) is 5.91 Å². The molecule has 4 rings (SSSR count). The Morgan fingerprint density at radius 2 is 1.96 bits per heavy atom. The highest BCUT2D eigenvalue weighted by atomic mass is 16.2. The number of para-hydroxylation sites is 1. The van der Waals surface area contributed by atoms with Gasteiger partial charge in [-0.2, -0.15) is 5.10 Å². The number of hydrogen-bond acceptors (Lipinski definition) is 3. The Morgan fingerprint density at radius 3 is 2.68 bits per heavy atom. The number of nitrogens with zero attached hydrogens (tertiary/aromatic N) is 3. The molecule has 126 valence electrons. The van der Waals surface area contributed by atoms with Gasteiger partial charge in [0, 0.05) is 18.3 Å². The van der Waals surface area contributed by atoms with Crippen LogP contribution in [0.2, 0.25) is 0 Å². The van der Waals surface area contributed by atoms with Crippen molar-refractivity contribution >= 4 is 11.6 Å². The van der Waals surface area contributed by atoms with E-state index in [1.165, 1.54) is 0 Å². The molecule has 0 spiro atoms. The highest BCUT2D eigenvalue weighted by Gasteiger charge is 2.44. The van der Waals surface area contributed by atoms with Crippen LogP contribution in [0.1, 0.15) is 29.3 Å². The molecule has 0 saturated heterocycles. The number of pyridine rings is 1. The van der Waals surface area contributed by atoms with Gasteiger partial charge in [-0.1, -0.05) is 24.3 Å². The smallest absolute Gasteiger partial charge is 0.228 e. The first-order valence-corrected chi connectivity index (χ1v) is 8.47. The number of amides is 1. The Bertz CT molecular complexity index is 902. The molecule has 2 atom stereocenters. The van der Waals surface area contributed by atoms with Crippen molar-refractivity contribution in [1.82, 2.24) is 14.8 Å². The molecule has 0 bridgehead atoms. The summed E-state index contributed by atoms with van der Waals surface area (Å²) < 4.78 is 1.87. The van der Waals surface area contributed by atoms with Gasteiger partial charge in [-0.05, 0) is 49.9 Å². The first-order valence-electron chi connectivity index (χ1n) is 8.47. The maximum atomic E-state index is 12.6. The van der Waals surface area contributed by atoms with Crippen molar-refractivity contribution in [2.45, 2.75) is 26.2 Å². The van der Waals surface area contributed by atoms with E-state index in [2.05, 4.69) is 15.4 Å². The largest absolute Gasteiger partial charge is 0.323 e. The summed E-state index contributed by atoms with van der Waals surface area (Å²) in [6.45, 7) is 3.90. The number of carbonyl (C=O) groups excluding carboxylic acids is 1. The Hall–Kier alpha value is -2.95. The zero-order chi connectivity index (χ0) is 17.4. The fourth-order valence-electron chi connectivity index (χ4n) is 3.31. The maximum Gasteiger partial charge on any atom is 0.228 e. The van der Waals surface area contributed by atoms with Crippen LogP contribution in [0.15, 0.2) is 54.9 Å². The number of nitrogens with one attached hydrogen (secondary N) is 1.